The summed E-state index contributed by atoms with van der Waals surface area (Å²) in [4.78, 5) is 50.7. The first kappa shape index (κ1) is 35.7. The number of nitrogens with one attached hydrogen (secondary N) is 1. The second-order valence-corrected chi connectivity index (χ2v) is 13.7. The van der Waals surface area contributed by atoms with E-state index in [0.717, 1.165) is 4.57 Å². The van der Waals surface area contributed by atoms with Gasteiger partial charge in [-0.2, -0.15) is 4.98 Å². The van der Waals surface area contributed by atoms with Crippen LogP contribution in [0.2, 0.25) is 0 Å². The predicted octanol–water partition coefficient (Wildman–Crippen LogP) is 4.68. The van der Waals surface area contributed by atoms with E-state index in [1.165, 1.54) is 12.3 Å². The highest BCUT2D eigenvalue weighted by Gasteiger charge is 2.60. The summed E-state index contributed by atoms with van der Waals surface area (Å²) in [6.45, 7) is -0.529. The summed E-state index contributed by atoms with van der Waals surface area (Å²) in [5.41, 5.74) is 0.0328. The fourth-order valence-corrected chi connectivity index (χ4v) is 7.04. The number of benzene rings is 4. The number of hydrogen-bond donors (Lipinski definition) is 4. The number of methoxy groups -OCH3 is 2. The fraction of sp³-hybridized carbons (Fsp3) is 0.216. The summed E-state index contributed by atoms with van der Waals surface area (Å²) in [5, 5.41) is 11.5. The lowest BCUT2D eigenvalue weighted by molar-refractivity contribution is -0.105. The summed E-state index contributed by atoms with van der Waals surface area (Å²) < 4.78 is 37.6. The van der Waals surface area contributed by atoms with Gasteiger partial charge in [0.15, 0.2) is 5.34 Å². The molecule has 264 valence electrons. The fourth-order valence-electron chi connectivity index (χ4n) is 6.13. The van der Waals surface area contributed by atoms with E-state index in [1.54, 1.807) is 68.8 Å². The van der Waals surface area contributed by atoms with Gasteiger partial charge < -0.3 is 39.2 Å². The Morgan fingerprint density at radius 1 is 0.882 bits per heavy atom. The Morgan fingerprint density at radius 3 is 1.92 bits per heavy atom. The van der Waals surface area contributed by atoms with Gasteiger partial charge in [-0.05, 0) is 59.2 Å². The molecule has 2 heterocycles. The van der Waals surface area contributed by atoms with Crippen molar-refractivity contribution in [2.45, 2.75) is 29.7 Å². The van der Waals surface area contributed by atoms with E-state index in [2.05, 4.69) is 10.3 Å². The van der Waals surface area contributed by atoms with Crippen molar-refractivity contribution in [1.29, 1.82) is 0 Å². The van der Waals surface area contributed by atoms with E-state index in [9.17, 15) is 29.0 Å². The lowest BCUT2D eigenvalue weighted by Gasteiger charge is -2.38. The zero-order chi connectivity index (χ0) is 36.2. The lowest BCUT2D eigenvalue weighted by Crippen LogP contribution is -2.44. The number of carbonyl (C=O) groups excluding carboxylic acids is 1. The van der Waals surface area contributed by atoms with Crippen molar-refractivity contribution < 1.29 is 43.2 Å². The molecule has 4 aromatic carbocycles. The lowest BCUT2D eigenvalue weighted by atomic mass is 9.80. The van der Waals surface area contributed by atoms with E-state index >= 15 is 0 Å². The zero-order valence-electron chi connectivity index (χ0n) is 27.7. The Morgan fingerprint density at radius 2 is 1.41 bits per heavy atom. The molecule has 0 saturated carbocycles. The van der Waals surface area contributed by atoms with Crippen molar-refractivity contribution in [2.75, 3.05) is 26.1 Å². The van der Waals surface area contributed by atoms with Crippen LogP contribution in [0.1, 0.15) is 39.7 Å². The highest BCUT2D eigenvalue weighted by atomic mass is 31.2. The molecule has 51 heavy (non-hydrogen) atoms. The summed E-state index contributed by atoms with van der Waals surface area (Å²) in [6.07, 6.45) is -2.35. The van der Waals surface area contributed by atoms with Gasteiger partial charge in [-0.3, -0.25) is 13.9 Å². The van der Waals surface area contributed by atoms with Gasteiger partial charge in [-0.1, -0.05) is 72.8 Å². The molecular weight excluding hydrogens is 677 g/mol. The smallest absolute Gasteiger partial charge is 0.359 e. The largest absolute Gasteiger partial charge is 0.497 e. The van der Waals surface area contributed by atoms with Crippen molar-refractivity contribution in [2.24, 2.45) is 0 Å². The van der Waals surface area contributed by atoms with Gasteiger partial charge in [0.2, 0.25) is 0 Å². The third-order valence-corrected chi connectivity index (χ3v) is 10.3. The van der Waals surface area contributed by atoms with Crippen LogP contribution >= 0.6 is 7.60 Å². The van der Waals surface area contributed by atoms with Gasteiger partial charge in [-0.25, -0.2) is 4.79 Å². The Labute approximate surface area is 293 Å². The van der Waals surface area contributed by atoms with E-state index < -0.39 is 55.5 Å². The van der Waals surface area contributed by atoms with Crippen molar-refractivity contribution in [1.82, 2.24) is 9.55 Å². The molecule has 0 spiro atoms. The Hall–Kier alpha value is -5.14. The van der Waals surface area contributed by atoms with Gasteiger partial charge in [0, 0.05) is 18.2 Å². The molecular formula is C37H36N3O10P. The molecule has 14 heteroatoms. The average molecular weight is 714 g/mol. The number of aliphatic hydroxyl groups is 1. The number of nitrogens with zero attached hydrogens (tertiary/aromatic N) is 2. The minimum absolute atomic E-state index is 0.0418. The van der Waals surface area contributed by atoms with Crippen LogP contribution in [0.3, 0.4) is 0 Å². The first-order valence-electron chi connectivity index (χ1n) is 15.9. The van der Waals surface area contributed by atoms with Crippen LogP contribution in [0.15, 0.2) is 126 Å². The van der Waals surface area contributed by atoms with E-state index in [0.29, 0.717) is 33.8 Å². The monoisotopic (exact) mass is 713 g/mol. The van der Waals surface area contributed by atoms with Crippen molar-refractivity contribution in [3.05, 3.63) is 154 Å². The Kier molecular flexibility index (Phi) is 10.2. The second-order valence-electron chi connectivity index (χ2n) is 11.8. The van der Waals surface area contributed by atoms with Crippen LogP contribution in [-0.4, -0.2) is 62.6 Å². The van der Waals surface area contributed by atoms with Crippen LogP contribution in [0.5, 0.6) is 11.5 Å². The molecule has 13 nitrogen and oxygen atoms in total. The zero-order valence-corrected chi connectivity index (χ0v) is 28.6. The van der Waals surface area contributed by atoms with Crippen LogP contribution in [0, 0.1) is 0 Å². The van der Waals surface area contributed by atoms with Crippen molar-refractivity contribution >= 4 is 19.3 Å². The second kappa shape index (κ2) is 14.6. The first-order valence-corrected chi connectivity index (χ1v) is 17.5. The normalized spacial score (nSPS) is 19.0. The number of ether oxygens (including phenoxy) is 4. The molecule has 0 unspecified atom stereocenters. The number of amides is 1. The minimum Gasteiger partial charge on any atom is -0.497 e. The molecule has 1 saturated heterocycles. The number of carbonyl (C=O) groups is 1. The third-order valence-electron chi connectivity index (χ3n) is 8.86. The summed E-state index contributed by atoms with van der Waals surface area (Å²) in [6, 6.07) is 33.2. The first-order chi connectivity index (χ1) is 24.5. The number of aromatic nitrogens is 2. The maximum absolute atomic E-state index is 13.2. The molecule has 1 amide bonds. The predicted molar refractivity (Wildman–Crippen MR) is 187 cm³/mol. The molecule has 1 aliphatic rings. The van der Waals surface area contributed by atoms with Crippen LogP contribution in [-0.2, 0) is 19.6 Å². The summed E-state index contributed by atoms with van der Waals surface area (Å²) in [7, 11) is -2.22. The van der Waals surface area contributed by atoms with Gasteiger partial charge in [0.05, 0.1) is 20.8 Å². The van der Waals surface area contributed by atoms with Crippen molar-refractivity contribution in [3.8, 4) is 11.5 Å². The molecule has 1 aromatic heterocycles. The van der Waals surface area contributed by atoms with Gasteiger partial charge in [0.25, 0.3) is 5.91 Å². The summed E-state index contributed by atoms with van der Waals surface area (Å²) >= 11 is 0. The molecule has 0 radical (unpaired) electrons. The SMILES string of the molecule is COc1ccc(C(OC[C@H]2O[C@@H](n3ccc(NC(=O)c4ccccc4)nc3=O)C[C@@]2(O)P(=O)(O)O)(c2ccccc2)c2ccc(OC)cc2)cc1. The molecule has 1 aliphatic heterocycles. The van der Waals surface area contributed by atoms with Crippen LogP contribution < -0.4 is 20.5 Å². The highest BCUT2D eigenvalue weighted by molar-refractivity contribution is 7.53. The summed E-state index contributed by atoms with van der Waals surface area (Å²) in [5.74, 6) is 0.664. The third kappa shape index (κ3) is 7.08. The molecule has 4 N–H and O–H groups in total. The highest BCUT2D eigenvalue weighted by Crippen LogP contribution is 2.59. The van der Waals surface area contributed by atoms with Crippen molar-refractivity contribution in [3.63, 3.8) is 0 Å². The van der Waals surface area contributed by atoms with E-state index in [4.69, 9.17) is 18.9 Å². The standard InChI is InChI=1S/C37H36N3O10P/c1-47-29-17-13-27(14-18-29)37(26-11-7-4-8-12-26,28-15-19-30(48-2)20-16-28)49-24-31-36(43,51(44,45)46)23-33(50-31)40-22-21-32(39-35(40)42)38-34(41)25-9-5-3-6-10-25/h3-22,31,33,43H,23-24H2,1-2H3,(H2,44,45,46)(H,38,39,41,42)/t31-,33-,36-/m1/s1. The molecule has 0 bridgehead atoms. The Bertz CT molecular complexity index is 2030. The van der Waals surface area contributed by atoms with Gasteiger partial charge in [-0.15, -0.1) is 0 Å². The van der Waals surface area contributed by atoms with Crippen LogP contribution in [0.25, 0.3) is 0 Å². The molecule has 0 aliphatic carbocycles. The Balaban J connectivity index is 1.36. The number of anilines is 1. The topological polar surface area (TPSA) is 179 Å². The van der Waals surface area contributed by atoms with Crippen LogP contribution in [0.4, 0.5) is 5.82 Å². The minimum atomic E-state index is -5.31. The van der Waals surface area contributed by atoms with E-state index in [1.807, 2.05) is 54.6 Å². The quantitative estimate of drug-likeness (QED) is 0.104. The maximum atomic E-state index is 13.2. The molecule has 5 aromatic rings. The molecule has 6 rings (SSSR count). The van der Waals surface area contributed by atoms with E-state index in [-0.39, 0.29) is 5.82 Å². The number of hydrogen-bond acceptors (Lipinski definition) is 9. The average Bonchev–Trinajstić information content (AvgIpc) is 3.50. The van der Waals surface area contributed by atoms with Gasteiger partial charge in [0.1, 0.15) is 35.2 Å². The molecule has 3 atom stereocenters. The number of rotatable bonds is 12. The van der Waals surface area contributed by atoms with Gasteiger partial charge >= 0.3 is 13.3 Å². The molecule has 1 fully saturated rings. The maximum Gasteiger partial charge on any atom is 0.359 e.